The summed E-state index contributed by atoms with van der Waals surface area (Å²) in [5.74, 6) is 2.14. The lowest BCUT2D eigenvalue weighted by molar-refractivity contribution is 0.0957. The van der Waals surface area contributed by atoms with E-state index in [9.17, 15) is 9.59 Å². The summed E-state index contributed by atoms with van der Waals surface area (Å²) in [4.78, 5) is 30.6. The number of hydrogen-bond donors (Lipinski definition) is 2. The lowest BCUT2D eigenvalue weighted by Gasteiger charge is -2.24. The van der Waals surface area contributed by atoms with Gasteiger partial charge in [0, 0.05) is 45.6 Å². The van der Waals surface area contributed by atoms with Crippen LogP contribution in [0.3, 0.4) is 0 Å². The molecule has 2 N–H and O–H groups in total. The molecule has 0 aliphatic carbocycles. The van der Waals surface area contributed by atoms with Gasteiger partial charge in [0.1, 0.15) is 11.8 Å². The standard InChI is InChI=1S/C22H20BrCl2N5O3S2/c1-34-6-5-27-21(31)14-7-12(24)8-15(23)19(14)28-22(32)17-9-18(33-13-10-35-11-13)29-30(17)20-16(25)3-2-4-26-20/h2-4,7-9,13H,5-6,10-11H2,1H3,(H,27,31)(H,28,32). The summed E-state index contributed by atoms with van der Waals surface area (Å²) in [6, 6.07) is 7.98. The SMILES string of the molecule is CSCCNC(=O)c1cc(Cl)cc(Br)c1NC(=O)c1cc(OC2CSC2)nn1-c1ncccc1Cl. The normalized spacial score (nSPS) is 13.3. The largest absolute Gasteiger partial charge is 0.472 e. The summed E-state index contributed by atoms with van der Waals surface area (Å²) in [5.41, 5.74) is 0.644. The average molecular weight is 617 g/mol. The molecular formula is C22H20BrCl2N5O3S2. The van der Waals surface area contributed by atoms with Crippen LogP contribution in [0.15, 0.2) is 41.0 Å². The van der Waals surface area contributed by atoms with Crippen molar-refractivity contribution in [3.63, 3.8) is 0 Å². The Kier molecular flexibility index (Phi) is 8.87. The number of aromatic nitrogens is 3. The molecule has 3 heterocycles. The predicted molar refractivity (Wildman–Crippen MR) is 146 cm³/mol. The van der Waals surface area contributed by atoms with Crippen molar-refractivity contribution < 1.29 is 14.3 Å². The summed E-state index contributed by atoms with van der Waals surface area (Å²) >= 11 is 19.3. The van der Waals surface area contributed by atoms with Crippen molar-refractivity contribution in [2.24, 2.45) is 0 Å². The van der Waals surface area contributed by atoms with Crippen LogP contribution < -0.4 is 15.4 Å². The number of carbonyl (C=O) groups excluding carboxylic acids is 2. The van der Waals surface area contributed by atoms with E-state index in [4.69, 9.17) is 27.9 Å². The van der Waals surface area contributed by atoms with Gasteiger partial charge in [0.25, 0.3) is 11.8 Å². The zero-order valence-electron chi connectivity index (χ0n) is 18.4. The molecule has 4 rings (SSSR count). The first-order chi connectivity index (χ1) is 16.9. The van der Waals surface area contributed by atoms with Crippen LogP contribution in [0.1, 0.15) is 20.8 Å². The van der Waals surface area contributed by atoms with E-state index in [1.807, 2.05) is 6.26 Å². The van der Waals surface area contributed by atoms with Crippen LogP contribution in [0.2, 0.25) is 10.0 Å². The molecule has 1 fully saturated rings. The van der Waals surface area contributed by atoms with Gasteiger partial charge in [-0.3, -0.25) is 9.59 Å². The molecule has 1 aliphatic heterocycles. The predicted octanol–water partition coefficient (Wildman–Crippen LogP) is 5.18. The van der Waals surface area contributed by atoms with Crippen LogP contribution in [-0.4, -0.2) is 62.7 Å². The highest BCUT2D eigenvalue weighted by atomic mass is 79.9. The number of anilines is 1. The number of ether oxygens (including phenoxy) is 1. The van der Waals surface area contributed by atoms with E-state index < -0.39 is 5.91 Å². The third kappa shape index (κ3) is 6.26. The number of halogens is 3. The Labute approximate surface area is 229 Å². The van der Waals surface area contributed by atoms with Crippen LogP contribution in [-0.2, 0) is 0 Å². The Morgan fingerprint density at radius 1 is 1.29 bits per heavy atom. The molecule has 35 heavy (non-hydrogen) atoms. The summed E-state index contributed by atoms with van der Waals surface area (Å²) in [6.45, 7) is 0.475. The number of pyridine rings is 1. The first-order valence-corrected chi connectivity index (χ1v) is 14.5. The molecule has 13 heteroatoms. The third-order valence-electron chi connectivity index (χ3n) is 4.88. The molecule has 0 spiro atoms. The maximum Gasteiger partial charge on any atom is 0.274 e. The Morgan fingerprint density at radius 2 is 2.09 bits per heavy atom. The van der Waals surface area contributed by atoms with E-state index in [2.05, 4.69) is 36.6 Å². The fourth-order valence-corrected chi connectivity index (χ4v) is 5.13. The van der Waals surface area contributed by atoms with Crippen LogP contribution in [0.25, 0.3) is 5.82 Å². The van der Waals surface area contributed by atoms with Gasteiger partial charge in [-0.1, -0.05) is 23.2 Å². The fraction of sp³-hybridized carbons (Fsp3) is 0.273. The lowest BCUT2D eigenvalue weighted by atomic mass is 10.1. The van der Waals surface area contributed by atoms with E-state index in [0.29, 0.717) is 21.1 Å². The van der Waals surface area contributed by atoms with Gasteiger partial charge in [0.15, 0.2) is 5.82 Å². The monoisotopic (exact) mass is 615 g/mol. The van der Waals surface area contributed by atoms with Crippen LogP contribution >= 0.6 is 62.7 Å². The molecule has 0 radical (unpaired) electrons. The highest BCUT2D eigenvalue weighted by Gasteiger charge is 2.26. The zero-order valence-corrected chi connectivity index (χ0v) is 23.1. The highest BCUT2D eigenvalue weighted by molar-refractivity contribution is 9.10. The van der Waals surface area contributed by atoms with Gasteiger partial charge in [-0.25, -0.2) is 9.67 Å². The molecule has 2 amide bonds. The van der Waals surface area contributed by atoms with Gasteiger partial charge in [-0.15, -0.1) is 5.10 Å². The average Bonchev–Trinajstić information content (AvgIpc) is 3.22. The van der Waals surface area contributed by atoms with Crippen LogP contribution in [0, 0.1) is 0 Å². The topological polar surface area (TPSA) is 98.1 Å². The Bertz CT molecular complexity index is 1260. The number of thioether (sulfide) groups is 2. The molecule has 0 bridgehead atoms. The Morgan fingerprint density at radius 3 is 2.77 bits per heavy atom. The fourth-order valence-electron chi connectivity index (χ4n) is 3.15. The molecule has 0 unspecified atom stereocenters. The lowest BCUT2D eigenvalue weighted by Crippen LogP contribution is -2.31. The smallest absolute Gasteiger partial charge is 0.274 e. The van der Waals surface area contributed by atoms with Crippen molar-refractivity contribution in [1.82, 2.24) is 20.1 Å². The van der Waals surface area contributed by atoms with Crippen molar-refractivity contribution in [2.45, 2.75) is 6.10 Å². The third-order valence-corrected chi connectivity index (χ3v) is 7.85. The van der Waals surface area contributed by atoms with Gasteiger partial charge < -0.3 is 15.4 Å². The first kappa shape index (κ1) is 26.2. The van der Waals surface area contributed by atoms with E-state index >= 15 is 0 Å². The van der Waals surface area contributed by atoms with Gasteiger partial charge in [0.05, 0.1) is 16.3 Å². The number of amides is 2. The van der Waals surface area contributed by atoms with E-state index in [0.717, 1.165) is 17.3 Å². The molecule has 0 atom stereocenters. The summed E-state index contributed by atoms with van der Waals surface area (Å²) in [7, 11) is 0. The van der Waals surface area contributed by atoms with Gasteiger partial charge in [-0.05, 0) is 46.5 Å². The van der Waals surface area contributed by atoms with Gasteiger partial charge >= 0.3 is 0 Å². The minimum absolute atomic E-state index is 0.0282. The minimum atomic E-state index is -0.529. The maximum atomic E-state index is 13.5. The number of carbonyl (C=O) groups is 2. The highest BCUT2D eigenvalue weighted by Crippen LogP contribution is 2.32. The van der Waals surface area contributed by atoms with E-state index in [1.165, 1.54) is 16.8 Å². The Balaban J connectivity index is 1.68. The zero-order chi connectivity index (χ0) is 24.9. The van der Waals surface area contributed by atoms with E-state index in [1.54, 1.807) is 47.9 Å². The molecule has 8 nitrogen and oxygen atoms in total. The number of hydrogen-bond acceptors (Lipinski definition) is 7. The molecular weight excluding hydrogens is 597 g/mol. The number of nitrogens with zero attached hydrogens (tertiary/aromatic N) is 3. The summed E-state index contributed by atoms with van der Waals surface area (Å²) in [5, 5.41) is 10.8. The van der Waals surface area contributed by atoms with Crippen LogP contribution in [0.4, 0.5) is 5.69 Å². The quantitative estimate of drug-likeness (QED) is 0.320. The molecule has 1 saturated heterocycles. The maximum absolute atomic E-state index is 13.5. The molecule has 1 aromatic carbocycles. The van der Waals surface area contributed by atoms with Crippen molar-refractivity contribution >= 4 is 80.2 Å². The molecule has 1 aliphatic rings. The second-order valence-electron chi connectivity index (χ2n) is 7.38. The van der Waals surface area contributed by atoms with Crippen molar-refractivity contribution in [1.29, 1.82) is 0 Å². The van der Waals surface area contributed by atoms with Gasteiger partial charge in [0.2, 0.25) is 5.88 Å². The molecule has 184 valence electrons. The van der Waals surface area contributed by atoms with Crippen LogP contribution in [0.5, 0.6) is 5.88 Å². The second kappa shape index (κ2) is 11.9. The summed E-state index contributed by atoms with van der Waals surface area (Å²) < 4.78 is 7.68. The second-order valence-corrected chi connectivity index (χ2v) is 11.1. The first-order valence-electron chi connectivity index (χ1n) is 10.4. The van der Waals surface area contributed by atoms with E-state index in [-0.39, 0.29) is 40.7 Å². The van der Waals surface area contributed by atoms with Crippen molar-refractivity contribution in [3.8, 4) is 11.7 Å². The summed E-state index contributed by atoms with van der Waals surface area (Å²) in [6.07, 6.45) is 3.54. The number of rotatable bonds is 9. The minimum Gasteiger partial charge on any atom is -0.472 e. The molecule has 3 aromatic rings. The Hall–Kier alpha value is -1.92. The van der Waals surface area contributed by atoms with Crippen molar-refractivity contribution in [2.75, 3.05) is 35.4 Å². The number of benzene rings is 1. The molecule has 2 aromatic heterocycles. The van der Waals surface area contributed by atoms with Gasteiger partial charge in [-0.2, -0.15) is 23.5 Å². The number of nitrogens with one attached hydrogen (secondary N) is 2. The molecule has 0 saturated carbocycles. The van der Waals surface area contributed by atoms with Crippen molar-refractivity contribution in [3.05, 3.63) is 62.3 Å².